The van der Waals surface area contributed by atoms with Crippen LogP contribution in [0.2, 0.25) is 0 Å². The molecule has 0 aromatic carbocycles. The van der Waals surface area contributed by atoms with Crippen LogP contribution < -0.4 is 11.1 Å². The first-order valence-corrected chi connectivity index (χ1v) is 5.33. The average molecular weight is 215 g/mol. The molecule has 1 aliphatic heterocycles. The minimum absolute atomic E-state index is 0.0542. The Labute approximate surface area is 93.1 Å². The number of nitrogens with two attached hydrogens (primary N) is 1. The molecule has 0 aliphatic carbocycles. The highest BCUT2D eigenvalue weighted by atomic mass is 15.1. The maximum absolute atomic E-state index is 5.68. The van der Waals surface area contributed by atoms with E-state index in [1.165, 1.54) is 0 Å². The quantitative estimate of drug-likeness (QED) is 0.651. The summed E-state index contributed by atoms with van der Waals surface area (Å²) in [7, 11) is 0. The topological polar surface area (TPSA) is 79.6 Å². The summed E-state index contributed by atoms with van der Waals surface area (Å²) in [5.74, 6) is 0.481. The second kappa shape index (κ2) is 3.61. The van der Waals surface area contributed by atoms with Crippen molar-refractivity contribution in [2.75, 3.05) is 12.3 Å². The first-order chi connectivity index (χ1) is 7.84. The third-order valence-corrected chi connectivity index (χ3v) is 2.81. The lowest BCUT2D eigenvalue weighted by atomic mass is 10.0. The molecule has 1 atom stereocenters. The van der Waals surface area contributed by atoms with Crippen molar-refractivity contribution < 1.29 is 0 Å². The van der Waals surface area contributed by atoms with Gasteiger partial charge in [0.05, 0.1) is 17.4 Å². The molecule has 16 heavy (non-hydrogen) atoms. The summed E-state index contributed by atoms with van der Waals surface area (Å²) in [5, 5.41) is 3.40. The fourth-order valence-corrected chi connectivity index (χ4v) is 2.10. The van der Waals surface area contributed by atoms with E-state index in [0.717, 1.165) is 30.0 Å². The Morgan fingerprint density at radius 2 is 2.31 bits per heavy atom. The van der Waals surface area contributed by atoms with Gasteiger partial charge in [-0.15, -0.1) is 0 Å². The first-order valence-electron chi connectivity index (χ1n) is 5.33. The van der Waals surface area contributed by atoms with Crippen molar-refractivity contribution in [3.8, 4) is 0 Å². The molecule has 0 amide bonds. The van der Waals surface area contributed by atoms with Crippen LogP contribution in [0.5, 0.6) is 0 Å². The number of nitrogen functional groups attached to an aromatic ring is 1. The Morgan fingerprint density at radius 3 is 3.12 bits per heavy atom. The number of fused-ring (bicyclic) bond motifs is 1. The number of nitrogens with one attached hydrogen (secondary N) is 2. The van der Waals surface area contributed by atoms with Crippen LogP contribution in [0.15, 0.2) is 24.4 Å². The summed E-state index contributed by atoms with van der Waals surface area (Å²) in [5.41, 5.74) is 8.76. The Bertz CT molecular complexity index is 490. The number of H-pyrrole nitrogens is 1. The van der Waals surface area contributed by atoms with Gasteiger partial charge >= 0.3 is 0 Å². The van der Waals surface area contributed by atoms with Gasteiger partial charge in [-0.25, -0.2) is 4.98 Å². The van der Waals surface area contributed by atoms with Crippen LogP contribution in [0.3, 0.4) is 0 Å². The zero-order valence-corrected chi connectivity index (χ0v) is 8.77. The van der Waals surface area contributed by atoms with Crippen LogP contribution in [0.25, 0.3) is 0 Å². The van der Waals surface area contributed by atoms with Crippen LogP contribution in [0.4, 0.5) is 5.95 Å². The Balaban J connectivity index is 2.05. The SMILES string of the molecule is Nc1nc2c([nH]1)CCNC2c1ccccn1. The second-order valence-corrected chi connectivity index (χ2v) is 3.88. The molecule has 0 saturated heterocycles. The van der Waals surface area contributed by atoms with Crippen molar-refractivity contribution in [1.29, 1.82) is 0 Å². The number of rotatable bonds is 1. The first kappa shape index (κ1) is 9.35. The maximum atomic E-state index is 5.68. The fourth-order valence-electron chi connectivity index (χ4n) is 2.10. The van der Waals surface area contributed by atoms with E-state index < -0.39 is 0 Å². The summed E-state index contributed by atoms with van der Waals surface area (Å²) in [6, 6.07) is 5.94. The number of hydrogen-bond acceptors (Lipinski definition) is 4. The largest absolute Gasteiger partial charge is 0.369 e. The smallest absolute Gasteiger partial charge is 0.197 e. The van der Waals surface area contributed by atoms with E-state index in [9.17, 15) is 0 Å². The molecule has 1 aliphatic rings. The van der Waals surface area contributed by atoms with E-state index in [4.69, 9.17) is 5.73 Å². The number of hydrogen-bond donors (Lipinski definition) is 3. The summed E-state index contributed by atoms with van der Waals surface area (Å²) in [6.07, 6.45) is 2.73. The van der Waals surface area contributed by atoms with Gasteiger partial charge in [0, 0.05) is 24.9 Å². The molecule has 0 fully saturated rings. The maximum Gasteiger partial charge on any atom is 0.197 e. The third kappa shape index (κ3) is 1.45. The molecule has 0 saturated carbocycles. The van der Waals surface area contributed by atoms with Gasteiger partial charge in [-0.2, -0.15) is 0 Å². The minimum Gasteiger partial charge on any atom is -0.369 e. The van der Waals surface area contributed by atoms with Gasteiger partial charge in [0.2, 0.25) is 0 Å². The van der Waals surface area contributed by atoms with E-state index in [-0.39, 0.29) is 6.04 Å². The summed E-state index contributed by atoms with van der Waals surface area (Å²) < 4.78 is 0. The van der Waals surface area contributed by atoms with Crippen LogP contribution in [-0.4, -0.2) is 21.5 Å². The van der Waals surface area contributed by atoms with Gasteiger partial charge in [0.1, 0.15) is 0 Å². The van der Waals surface area contributed by atoms with Gasteiger partial charge in [-0.05, 0) is 12.1 Å². The van der Waals surface area contributed by atoms with Crippen molar-refractivity contribution in [3.63, 3.8) is 0 Å². The second-order valence-electron chi connectivity index (χ2n) is 3.88. The standard InChI is InChI=1S/C11H13N5/c12-11-15-8-4-6-14-9(10(8)16-11)7-3-1-2-5-13-7/h1-3,5,9,14H,4,6H2,(H3,12,15,16). The molecule has 3 heterocycles. The van der Waals surface area contributed by atoms with E-state index in [1.807, 2.05) is 18.2 Å². The van der Waals surface area contributed by atoms with E-state index in [0.29, 0.717) is 5.95 Å². The lowest BCUT2D eigenvalue weighted by Crippen LogP contribution is -2.31. The predicted molar refractivity (Wildman–Crippen MR) is 60.8 cm³/mol. The van der Waals surface area contributed by atoms with Crippen molar-refractivity contribution in [1.82, 2.24) is 20.3 Å². The van der Waals surface area contributed by atoms with Crippen LogP contribution in [-0.2, 0) is 6.42 Å². The molecule has 2 aromatic heterocycles. The van der Waals surface area contributed by atoms with Crippen LogP contribution in [0.1, 0.15) is 23.1 Å². The monoisotopic (exact) mass is 215 g/mol. The van der Waals surface area contributed by atoms with Crippen LogP contribution in [0, 0.1) is 0 Å². The third-order valence-electron chi connectivity index (χ3n) is 2.81. The highest BCUT2D eigenvalue weighted by Gasteiger charge is 2.25. The minimum atomic E-state index is 0.0542. The number of pyridine rings is 1. The molecule has 82 valence electrons. The fraction of sp³-hybridized carbons (Fsp3) is 0.273. The molecule has 3 rings (SSSR count). The van der Waals surface area contributed by atoms with Gasteiger partial charge in [-0.3, -0.25) is 4.98 Å². The Hall–Kier alpha value is -1.88. The van der Waals surface area contributed by atoms with Gasteiger partial charge in [0.15, 0.2) is 5.95 Å². The summed E-state index contributed by atoms with van der Waals surface area (Å²) >= 11 is 0. The molecular formula is C11H13N5. The highest BCUT2D eigenvalue weighted by Crippen LogP contribution is 2.25. The summed E-state index contributed by atoms with van der Waals surface area (Å²) in [6.45, 7) is 0.913. The average Bonchev–Trinajstić information content (AvgIpc) is 2.70. The molecule has 4 N–H and O–H groups in total. The molecule has 1 unspecified atom stereocenters. The van der Waals surface area contributed by atoms with E-state index in [1.54, 1.807) is 6.20 Å². The van der Waals surface area contributed by atoms with Crippen molar-refractivity contribution in [2.24, 2.45) is 0 Å². The molecule has 5 heteroatoms. The number of aromatic nitrogens is 3. The van der Waals surface area contributed by atoms with E-state index in [2.05, 4.69) is 20.3 Å². The van der Waals surface area contributed by atoms with Crippen molar-refractivity contribution in [3.05, 3.63) is 41.5 Å². The summed E-state index contributed by atoms with van der Waals surface area (Å²) in [4.78, 5) is 11.8. The predicted octanol–water partition coefficient (Wildman–Crippen LogP) is 0.622. The molecule has 2 aromatic rings. The lowest BCUT2D eigenvalue weighted by molar-refractivity contribution is 0.543. The number of anilines is 1. The molecule has 0 radical (unpaired) electrons. The Morgan fingerprint density at radius 1 is 1.38 bits per heavy atom. The van der Waals surface area contributed by atoms with Gasteiger partial charge < -0.3 is 16.0 Å². The van der Waals surface area contributed by atoms with Gasteiger partial charge in [0.25, 0.3) is 0 Å². The Kier molecular flexibility index (Phi) is 2.11. The highest BCUT2D eigenvalue weighted by molar-refractivity contribution is 5.34. The number of aromatic amines is 1. The van der Waals surface area contributed by atoms with E-state index >= 15 is 0 Å². The van der Waals surface area contributed by atoms with Gasteiger partial charge in [-0.1, -0.05) is 6.07 Å². The number of imidazole rings is 1. The molecule has 0 spiro atoms. The molecular weight excluding hydrogens is 202 g/mol. The zero-order chi connectivity index (χ0) is 11.0. The number of nitrogens with zero attached hydrogens (tertiary/aromatic N) is 2. The zero-order valence-electron chi connectivity index (χ0n) is 8.77. The molecule has 0 bridgehead atoms. The molecule has 5 nitrogen and oxygen atoms in total. The lowest BCUT2D eigenvalue weighted by Gasteiger charge is -2.22. The van der Waals surface area contributed by atoms with Crippen molar-refractivity contribution >= 4 is 5.95 Å². The normalized spacial score (nSPS) is 19.4. The van der Waals surface area contributed by atoms with Crippen LogP contribution >= 0.6 is 0 Å². The van der Waals surface area contributed by atoms with Crippen molar-refractivity contribution in [2.45, 2.75) is 12.5 Å².